The summed E-state index contributed by atoms with van der Waals surface area (Å²) in [6.45, 7) is 2.18. The lowest BCUT2D eigenvalue weighted by Gasteiger charge is -2.50. The summed E-state index contributed by atoms with van der Waals surface area (Å²) in [5, 5.41) is 0. The van der Waals surface area contributed by atoms with E-state index in [0.29, 0.717) is 31.8 Å². The van der Waals surface area contributed by atoms with Gasteiger partial charge in [0.15, 0.2) is 0 Å². The third-order valence-corrected chi connectivity index (χ3v) is 5.16. The van der Waals surface area contributed by atoms with Crippen LogP contribution in [0, 0.1) is 5.92 Å². The Morgan fingerprint density at radius 2 is 2.27 bits per heavy atom. The summed E-state index contributed by atoms with van der Waals surface area (Å²) >= 11 is 0. The van der Waals surface area contributed by atoms with E-state index in [0.717, 1.165) is 19.1 Å². The normalized spacial score (nSPS) is 23.7. The number of carbonyl (C=O) groups excluding carboxylic acids is 1. The first-order valence-corrected chi connectivity index (χ1v) is 9.19. The van der Waals surface area contributed by atoms with Crippen molar-refractivity contribution in [3.63, 3.8) is 0 Å². The molecular weight excluding hydrogens is 308 g/mol. The van der Waals surface area contributed by atoms with E-state index in [4.69, 9.17) is 9.15 Å². The maximum Gasteiger partial charge on any atom is 0.257 e. The van der Waals surface area contributed by atoms with Crippen molar-refractivity contribution in [3.8, 4) is 0 Å². The highest BCUT2D eigenvalue weighted by Gasteiger charge is 2.54. The summed E-state index contributed by atoms with van der Waals surface area (Å²) in [6.07, 6.45) is 5.70. The molecule has 22 heavy (non-hydrogen) atoms. The molecule has 2 aliphatic heterocycles. The van der Waals surface area contributed by atoms with Gasteiger partial charge in [0, 0.05) is 13.2 Å². The van der Waals surface area contributed by atoms with Crippen LogP contribution in [0.4, 0.5) is 0 Å². The number of rotatable bonds is 5. The first-order chi connectivity index (χ1) is 10.4. The van der Waals surface area contributed by atoms with Crippen LogP contribution in [-0.4, -0.2) is 57.3 Å². The lowest BCUT2D eigenvalue weighted by Crippen LogP contribution is -2.66. The number of sulfonamides is 1. The zero-order valence-electron chi connectivity index (χ0n) is 12.4. The summed E-state index contributed by atoms with van der Waals surface area (Å²) in [5.41, 5.74) is 0.238. The molecule has 2 fully saturated rings. The van der Waals surface area contributed by atoms with Crippen LogP contribution in [-0.2, 0) is 14.8 Å². The van der Waals surface area contributed by atoms with Crippen molar-refractivity contribution in [2.75, 3.05) is 32.5 Å². The molecule has 0 radical (unpaired) electrons. The predicted octanol–water partition coefficient (Wildman–Crippen LogP) is 0.450. The van der Waals surface area contributed by atoms with Crippen LogP contribution in [0.5, 0.6) is 0 Å². The Balaban J connectivity index is 1.55. The third-order valence-electron chi connectivity index (χ3n) is 4.43. The predicted molar refractivity (Wildman–Crippen MR) is 78.9 cm³/mol. The van der Waals surface area contributed by atoms with Gasteiger partial charge in [0.1, 0.15) is 11.9 Å². The second-order valence-corrected chi connectivity index (χ2v) is 7.86. The molecule has 122 valence electrons. The zero-order chi connectivity index (χ0) is 15.8. The third kappa shape index (κ3) is 3.04. The van der Waals surface area contributed by atoms with E-state index >= 15 is 0 Å². The van der Waals surface area contributed by atoms with Crippen LogP contribution in [0.1, 0.15) is 23.2 Å². The van der Waals surface area contributed by atoms with Gasteiger partial charge in [0.25, 0.3) is 5.91 Å². The fourth-order valence-electron chi connectivity index (χ4n) is 3.27. The fraction of sp³-hybridized carbons (Fsp3) is 0.643. The number of amides is 1. The highest BCUT2D eigenvalue weighted by molar-refractivity contribution is 7.88. The lowest BCUT2D eigenvalue weighted by molar-refractivity contribution is -0.117. The van der Waals surface area contributed by atoms with Gasteiger partial charge in [0.2, 0.25) is 10.0 Å². The molecule has 2 saturated heterocycles. The average Bonchev–Trinajstić information content (AvgIpc) is 3.03. The van der Waals surface area contributed by atoms with Gasteiger partial charge >= 0.3 is 0 Å². The van der Waals surface area contributed by atoms with Crippen LogP contribution in [0.25, 0.3) is 0 Å². The van der Waals surface area contributed by atoms with E-state index in [9.17, 15) is 13.2 Å². The molecule has 3 heterocycles. The van der Waals surface area contributed by atoms with Gasteiger partial charge in [-0.2, -0.15) is 0 Å². The monoisotopic (exact) mass is 328 g/mol. The minimum Gasteiger partial charge on any atom is -0.472 e. The molecule has 1 aromatic heterocycles. The number of hydrogen-bond acceptors (Lipinski definition) is 5. The minimum atomic E-state index is -3.16. The quantitative estimate of drug-likeness (QED) is 0.848. The van der Waals surface area contributed by atoms with Crippen molar-refractivity contribution in [2.24, 2.45) is 5.92 Å². The van der Waals surface area contributed by atoms with Gasteiger partial charge in [0.05, 0.1) is 31.2 Å². The summed E-state index contributed by atoms with van der Waals surface area (Å²) in [5.74, 6) is 0.220. The number of nitrogens with zero attached hydrogens (tertiary/aromatic N) is 1. The Labute approximate surface area is 129 Å². The first kappa shape index (κ1) is 15.5. The van der Waals surface area contributed by atoms with Gasteiger partial charge in [-0.3, -0.25) is 4.79 Å². The standard InChI is InChI=1S/C14H20N2O5S/c1-22(18,19)15-5-2-12-4-7-21-14(12)9-16(10-14)13(17)11-3-6-20-8-11/h3,6,8,12,15H,2,4-5,7,9-10H2,1H3/t12-/m0/s1. The number of nitrogens with one attached hydrogen (secondary N) is 1. The van der Waals surface area contributed by atoms with Crippen molar-refractivity contribution < 1.29 is 22.4 Å². The highest BCUT2D eigenvalue weighted by Crippen LogP contribution is 2.42. The number of furan rings is 1. The summed E-state index contributed by atoms with van der Waals surface area (Å²) < 4.78 is 35.6. The summed E-state index contributed by atoms with van der Waals surface area (Å²) in [7, 11) is -3.16. The Morgan fingerprint density at radius 1 is 1.50 bits per heavy atom. The van der Waals surface area contributed by atoms with E-state index in [1.165, 1.54) is 12.5 Å². The van der Waals surface area contributed by atoms with E-state index in [1.54, 1.807) is 11.0 Å². The molecule has 1 spiro atoms. The molecule has 8 heteroatoms. The molecule has 0 aliphatic carbocycles. The van der Waals surface area contributed by atoms with Crippen molar-refractivity contribution in [1.82, 2.24) is 9.62 Å². The van der Waals surface area contributed by atoms with Crippen LogP contribution in [0.2, 0.25) is 0 Å². The maximum atomic E-state index is 12.2. The van der Waals surface area contributed by atoms with Crippen LogP contribution in [0.3, 0.4) is 0 Å². The molecule has 0 bridgehead atoms. The Hall–Kier alpha value is -1.38. The molecule has 1 N–H and O–H groups in total. The molecule has 1 atom stereocenters. The van der Waals surface area contributed by atoms with Crippen molar-refractivity contribution in [2.45, 2.75) is 18.4 Å². The van der Waals surface area contributed by atoms with Gasteiger partial charge in [-0.05, 0) is 24.8 Å². The highest BCUT2D eigenvalue weighted by atomic mass is 32.2. The van der Waals surface area contributed by atoms with E-state index in [1.807, 2.05) is 0 Å². The fourth-order valence-corrected chi connectivity index (χ4v) is 3.76. The Morgan fingerprint density at radius 3 is 2.91 bits per heavy atom. The molecular formula is C14H20N2O5S. The molecule has 0 aromatic carbocycles. The van der Waals surface area contributed by atoms with Gasteiger partial charge in [-0.15, -0.1) is 0 Å². The van der Waals surface area contributed by atoms with Crippen molar-refractivity contribution in [1.29, 1.82) is 0 Å². The van der Waals surface area contributed by atoms with Gasteiger partial charge in [-0.1, -0.05) is 0 Å². The SMILES string of the molecule is CS(=O)(=O)NCC[C@H]1CCOC12CN(C(=O)c1ccoc1)C2. The molecule has 3 rings (SSSR count). The number of hydrogen-bond donors (Lipinski definition) is 1. The minimum absolute atomic E-state index is 0.0529. The second-order valence-electron chi connectivity index (χ2n) is 6.03. The molecule has 2 aliphatic rings. The smallest absolute Gasteiger partial charge is 0.257 e. The largest absolute Gasteiger partial charge is 0.472 e. The van der Waals surface area contributed by atoms with Crippen LogP contribution in [0.15, 0.2) is 23.0 Å². The van der Waals surface area contributed by atoms with E-state index in [2.05, 4.69) is 4.72 Å². The summed E-state index contributed by atoms with van der Waals surface area (Å²) in [4.78, 5) is 13.9. The Kier molecular flexibility index (Phi) is 4.00. The maximum absolute atomic E-state index is 12.2. The molecule has 0 unspecified atom stereocenters. The second kappa shape index (κ2) is 5.68. The van der Waals surface area contributed by atoms with Gasteiger partial charge in [-0.25, -0.2) is 13.1 Å². The Bertz CT molecular complexity index is 634. The first-order valence-electron chi connectivity index (χ1n) is 7.30. The van der Waals surface area contributed by atoms with Crippen LogP contribution >= 0.6 is 0 Å². The average molecular weight is 328 g/mol. The number of ether oxygens (including phenoxy) is 1. The zero-order valence-corrected chi connectivity index (χ0v) is 13.3. The lowest BCUT2D eigenvalue weighted by atomic mass is 9.79. The number of likely N-dealkylation sites (tertiary alicyclic amines) is 1. The number of carbonyl (C=O) groups is 1. The van der Waals surface area contributed by atoms with Crippen LogP contribution < -0.4 is 4.72 Å². The van der Waals surface area contributed by atoms with Gasteiger partial charge < -0.3 is 14.1 Å². The van der Waals surface area contributed by atoms with E-state index < -0.39 is 10.0 Å². The van der Waals surface area contributed by atoms with Crippen molar-refractivity contribution >= 4 is 15.9 Å². The topological polar surface area (TPSA) is 88.9 Å². The van der Waals surface area contributed by atoms with E-state index in [-0.39, 0.29) is 17.4 Å². The van der Waals surface area contributed by atoms with Crippen molar-refractivity contribution in [3.05, 3.63) is 24.2 Å². The molecule has 1 aromatic rings. The molecule has 7 nitrogen and oxygen atoms in total. The molecule has 1 amide bonds. The summed E-state index contributed by atoms with van der Waals surface area (Å²) in [6, 6.07) is 1.65. The molecule has 0 saturated carbocycles.